The molecule has 3 nitrogen and oxygen atoms in total. The Hall–Kier alpha value is -1.16. The lowest BCUT2D eigenvalue weighted by molar-refractivity contribution is -0.134. The first-order chi connectivity index (χ1) is 8.79. The van der Waals surface area contributed by atoms with Gasteiger partial charge in [-0.1, -0.05) is 18.2 Å². The Morgan fingerprint density at radius 3 is 3.06 bits per heavy atom. The van der Waals surface area contributed by atoms with Crippen LogP contribution in [0.25, 0.3) is 0 Å². The van der Waals surface area contributed by atoms with Gasteiger partial charge in [-0.05, 0) is 24.0 Å². The van der Waals surface area contributed by atoms with Crippen molar-refractivity contribution in [2.24, 2.45) is 0 Å². The van der Waals surface area contributed by atoms with Crippen molar-refractivity contribution >= 4 is 17.7 Å². The fraction of sp³-hybridized carbons (Fsp3) is 0.500. The molecular formula is C14H17NO2S. The van der Waals surface area contributed by atoms with Gasteiger partial charge >= 0.3 is 0 Å². The van der Waals surface area contributed by atoms with E-state index >= 15 is 0 Å². The van der Waals surface area contributed by atoms with E-state index in [1.54, 1.807) is 7.11 Å². The molecule has 0 spiro atoms. The van der Waals surface area contributed by atoms with Gasteiger partial charge < -0.3 is 9.64 Å². The van der Waals surface area contributed by atoms with Gasteiger partial charge in [0.1, 0.15) is 5.75 Å². The fourth-order valence-electron chi connectivity index (χ4n) is 2.90. The highest BCUT2D eigenvalue weighted by Crippen LogP contribution is 2.42. The Morgan fingerprint density at radius 1 is 1.39 bits per heavy atom. The van der Waals surface area contributed by atoms with Gasteiger partial charge in [0.05, 0.1) is 12.5 Å². The number of methoxy groups -OCH3 is 1. The van der Waals surface area contributed by atoms with Gasteiger partial charge in [0.2, 0.25) is 5.91 Å². The summed E-state index contributed by atoms with van der Waals surface area (Å²) in [5.74, 6) is 2.59. The summed E-state index contributed by atoms with van der Waals surface area (Å²) in [6.07, 6.45) is 1.67. The van der Waals surface area contributed by atoms with Crippen LogP contribution >= 0.6 is 11.8 Å². The van der Waals surface area contributed by atoms with Crippen molar-refractivity contribution in [2.75, 3.05) is 19.4 Å². The molecule has 4 heteroatoms. The molecule has 0 N–H and O–H groups in total. The van der Waals surface area contributed by atoms with Gasteiger partial charge in [0, 0.05) is 18.7 Å². The smallest absolute Gasteiger partial charge is 0.224 e. The molecule has 2 aliphatic heterocycles. The molecule has 2 aliphatic rings. The topological polar surface area (TPSA) is 29.5 Å². The molecule has 1 amide bonds. The third kappa shape index (κ3) is 1.99. The van der Waals surface area contributed by atoms with Crippen LogP contribution in [0.5, 0.6) is 5.75 Å². The third-order valence-corrected chi connectivity index (χ3v) is 5.05. The standard InChI is InChI=1S/C14H17NO2S/c1-17-12-5-3-2-4-11(12)10-8-13(16)15-6-7-18-14(15)9-10/h2-5,10,14H,6-9H2,1H3/t10-,14-/m1/s1. The van der Waals surface area contributed by atoms with Gasteiger partial charge in [-0.3, -0.25) is 4.79 Å². The first-order valence-electron chi connectivity index (χ1n) is 6.33. The Labute approximate surface area is 111 Å². The molecule has 3 rings (SSSR count). The molecule has 2 fully saturated rings. The van der Waals surface area contributed by atoms with E-state index in [-0.39, 0.29) is 0 Å². The largest absolute Gasteiger partial charge is 0.496 e. The Kier molecular flexibility index (Phi) is 3.20. The minimum Gasteiger partial charge on any atom is -0.496 e. The van der Waals surface area contributed by atoms with E-state index in [4.69, 9.17) is 4.74 Å². The number of ether oxygens (including phenoxy) is 1. The first kappa shape index (κ1) is 11.9. The molecule has 0 aromatic heterocycles. The molecule has 2 atom stereocenters. The van der Waals surface area contributed by atoms with Crippen molar-refractivity contribution in [3.05, 3.63) is 29.8 Å². The number of nitrogens with zero attached hydrogens (tertiary/aromatic N) is 1. The molecule has 1 aromatic rings. The third-order valence-electron chi connectivity index (χ3n) is 3.80. The van der Waals surface area contributed by atoms with Crippen molar-refractivity contribution < 1.29 is 9.53 Å². The van der Waals surface area contributed by atoms with Crippen LogP contribution in [0.2, 0.25) is 0 Å². The van der Waals surface area contributed by atoms with E-state index in [2.05, 4.69) is 6.07 Å². The van der Waals surface area contributed by atoms with Crippen LogP contribution in [-0.4, -0.2) is 35.6 Å². The predicted molar refractivity (Wildman–Crippen MR) is 72.9 cm³/mol. The molecule has 1 aromatic carbocycles. The van der Waals surface area contributed by atoms with Gasteiger partial charge in [0.25, 0.3) is 0 Å². The highest BCUT2D eigenvalue weighted by Gasteiger charge is 2.38. The molecule has 0 unspecified atom stereocenters. The zero-order valence-electron chi connectivity index (χ0n) is 10.5. The molecule has 18 heavy (non-hydrogen) atoms. The van der Waals surface area contributed by atoms with Gasteiger partial charge in [-0.25, -0.2) is 0 Å². The number of carbonyl (C=O) groups is 1. The normalized spacial score (nSPS) is 27.2. The second-order valence-corrected chi connectivity index (χ2v) is 6.08. The summed E-state index contributed by atoms with van der Waals surface area (Å²) >= 11 is 1.91. The lowest BCUT2D eigenvalue weighted by Crippen LogP contribution is -2.40. The summed E-state index contributed by atoms with van der Waals surface area (Å²) in [4.78, 5) is 14.2. The lowest BCUT2D eigenvalue weighted by Gasteiger charge is -2.34. The molecule has 2 saturated heterocycles. The molecular weight excluding hydrogens is 246 g/mol. The minimum absolute atomic E-state index is 0.298. The minimum atomic E-state index is 0.298. The second-order valence-electron chi connectivity index (χ2n) is 4.79. The number of para-hydroxylation sites is 1. The zero-order chi connectivity index (χ0) is 12.5. The van der Waals surface area contributed by atoms with Crippen LogP contribution in [0.3, 0.4) is 0 Å². The van der Waals surface area contributed by atoms with Gasteiger partial charge in [-0.15, -0.1) is 11.8 Å². The van der Waals surface area contributed by atoms with Gasteiger partial charge in [-0.2, -0.15) is 0 Å². The average Bonchev–Trinajstić information content (AvgIpc) is 2.87. The van der Waals surface area contributed by atoms with Crippen LogP contribution in [0.15, 0.2) is 24.3 Å². The van der Waals surface area contributed by atoms with Crippen molar-refractivity contribution in [1.82, 2.24) is 4.90 Å². The molecule has 0 radical (unpaired) electrons. The lowest BCUT2D eigenvalue weighted by atomic mass is 9.88. The summed E-state index contributed by atoms with van der Waals surface area (Å²) in [7, 11) is 1.69. The first-order valence-corrected chi connectivity index (χ1v) is 7.38. The maximum Gasteiger partial charge on any atom is 0.224 e. The Morgan fingerprint density at radius 2 is 2.22 bits per heavy atom. The molecule has 0 aliphatic carbocycles. The van der Waals surface area contributed by atoms with Crippen LogP contribution in [0.4, 0.5) is 0 Å². The van der Waals surface area contributed by atoms with Crippen molar-refractivity contribution in [2.45, 2.75) is 24.1 Å². The maximum atomic E-state index is 12.1. The number of hydrogen-bond acceptors (Lipinski definition) is 3. The van der Waals surface area contributed by atoms with E-state index in [0.717, 1.165) is 24.5 Å². The average molecular weight is 263 g/mol. The summed E-state index contributed by atoms with van der Waals surface area (Å²) in [6.45, 7) is 0.923. The number of piperidine rings is 1. The van der Waals surface area contributed by atoms with Crippen molar-refractivity contribution in [3.8, 4) is 5.75 Å². The SMILES string of the molecule is COc1ccccc1[C@@H]1CC(=O)N2CCS[C@@H]2C1. The number of carbonyl (C=O) groups excluding carboxylic acids is 1. The second kappa shape index (κ2) is 4.84. The molecule has 0 bridgehead atoms. The van der Waals surface area contributed by atoms with Crippen LogP contribution in [-0.2, 0) is 4.79 Å². The Bertz CT molecular complexity index is 463. The molecule has 2 heterocycles. The summed E-state index contributed by atoms with van der Waals surface area (Å²) < 4.78 is 5.41. The van der Waals surface area contributed by atoms with E-state index in [9.17, 15) is 4.79 Å². The van der Waals surface area contributed by atoms with Crippen LogP contribution in [0.1, 0.15) is 24.3 Å². The van der Waals surface area contributed by atoms with Crippen molar-refractivity contribution in [1.29, 1.82) is 0 Å². The maximum absolute atomic E-state index is 12.1. The number of rotatable bonds is 2. The van der Waals surface area contributed by atoms with Crippen LogP contribution in [0, 0.1) is 0 Å². The number of benzene rings is 1. The predicted octanol–water partition coefficient (Wildman–Crippen LogP) is 2.47. The van der Waals surface area contributed by atoms with Crippen molar-refractivity contribution in [3.63, 3.8) is 0 Å². The van der Waals surface area contributed by atoms with Crippen LogP contribution < -0.4 is 4.74 Å². The van der Waals surface area contributed by atoms with E-state index in [0.29, 0.717) is 23.6 Å². The monoisotopic (exact) mass is 263 g/mol. The number of amides is 1. The number of hydrogen-bond donors (Lipinski definition) is 0. The highest BCUT2D eigenvalue weighted by molar-refractivity contribution is 8.00. The number of thioether (sulfide) groups is 1. The van der Waals surface area contributed by atoms with E-state index < -0.39 is 0 Å². The molecule has 0 saturated carbocycles. The van der Waals surface area contributed by atoms with Gasteiger partial charge in [0.15, 0.2) is 0 Å². The van der Waals surface area contributed by atoms with E-state index in [1.807, 2.05) is 34.9 Å². The molecule has 96 valence electrons. The summed E-state index contributed by atoms with van der Waals surface area (Å²) in [6, 6.07) is 8.07. The zero-order valence-corrected chi connectivity index (χ0v) is 11.3. The van der Waals surface area contributed by atoms with E-state index in [1.165, 1.54) is 5.56 Å². The quantitative estimate of drug-likeness (QED) is 0.821. The summed E-state index contributed by atoms with van der Waals surface area (Å²) in [5.41, 5.74) is 1.18. The highest BCUT2D eigenvalue weighted by atomic mass is 32.2. The number of fused-ring (bicyclic) bond motifs is 1. The fourth-order valence-corrected chi connectivity index (χ4v) is 4.24. The summed E-state index contributed by atoms with van der Waals surface area (Å²) in [5, 5.41) is 0.376. The Balaban J connectivity index is 1.86.